The highest BCUT2D eigenvalue weighted by Crippen LogP contribution is 2.18. The molecule has 0 aliphatic carbocycles. The Balaban J connectivity index is 2.87. The van der Waals surface area contributed by atoms with Crippen molar-refractivity contribution in [1.29, 1.82) is 0 Å². The number of halogens is 1. The first kappa shape index (κ1) is 13.9. The summed E-state index contributed by atoms with van der Waals surface area (Å²) in [5.41, 5.74) is 6.47. The average Bonchev–Trinajstić information content (AvgIpc) is 2.24. The second-order valence-corrected chi connectivity index (χ2v) is 4.90. The van der Waals surface area contributed by atoms with Crippen LogP contribution in [-0.2, 0) is 0 Å². The normalized spacial score (nSPS) is 12.5. The number of anilines is 1. The fourth-order valence-corrected chi connectivity index (χ4v) is 1.92. The van der Waals surface area contributed by atoms with Gasteiger partial charge in [-0.1, -0.05) is 33.0 Å². The first-order valence-corrected chi connectivity index (χ1v) is 6.22. The third-order valence-electron chi connectivity index (χ3n) is 2.83. The quantitative estimate of drug-likeness (QED) is 0.792. The van der Waals surface area contributed by atoms with E-state index < -0.39 is 0 Å². The molecule has 1 aromatic rings. The highest BCUT2D eigenvalue weighted by Gasteiger charge is 2.12. The van der Waals surface area contributed by atoms with Crippen molar-refractivity contribution in [3.8, 4) is 0 Å². The summed E-state index contributed by atoms with van der Waals surface area (Å²) < 4.78 is 13.6. The Morgan fingerprint density at radius 3 is 2.53 bits per heavy atom. The molecule has 1 aromatic carbocycles. The fourth-order valence-electron chi connectivity index (χ4n) is 1.76. The second kappa shape index (κ2) is 5.96. The molecule has 0 aromatic heterocycles. The van der Waals surface area contributed by atoms with Gasteiger partial charge in [-0.15, -0.1) is 0 Å². The van der Waals surface area contributed by atoms with Crippen LogP contribution in [0.3, 0.4) is 0 Å². The van der Waals surface area contributed by atoms with Gasteiger partial charge < -0.3 is 11.1 Å². The molecular formula is C13H19FN2S. The maximum absolute atomic E-state index is 13.6. The molecule has 0 heterocycles. The van der Waals surface area contributed by atoms with Crippen LogP contribution in [0.15, 0.2) is 18.2 Å². The van der Waals surface area contributed by atoms with E-state index in [1.807, 2.05) is 6.07 Å². The molecule has 0 saturated carbocycles. The lowest BCUT2D eigenvalue weighted by Crippen LogP contribution is -2.24. The first-order chi connectivity index (χ1) is 7.95. The summed E-state index contributed by atoms with van der Waals surface area (Å²) in [6.45, 7) is 6.39. The highest BCUT2D eigenvalue weighted by atomic mass is 32.1. The van der Waals surface area contributed by atoms with Gasteiger partial charge in [0.25, 0.3) is 0 Å². The molecule has 0 fully saturated rings. The second-order valence-electron chi connectivity index (χ2n) is 4.46. The van der Waals surface area contributed by atoms with E-state index >= 15 is 0 Å². The van der Waals surface area contributed by atoms with Crippen LogP contribution in [0, 0.1) is 11.7 Å². The van der Waals surface area contributed by atoms with E-state index in [4.69, 9.17) is 18.0 Å². The molecule has 0 saturated heterocycles. The summed E-state index contributed by atoms with van der Waals surface area (Å²) in [4.78, 5) is 0.0879. The van der Waals surface area contributed by atoms with Crippen LogP contribution in [0.4, 0.5) is 10.1 Å². The lowest BCUT2D eigenvalue weighted by Gasteiger charge is -2.22. The van der Waals surface area contributed by atoms with E-state index in [0.717, 1.165) is 12.1 Å². The molecular weight excluding hydrogens is 235 g/mol. The number of nitrogens with two attached hydrogens (primary N) is 1. The molecule has 0 radical (unpaired) electrons. The maximum atomic E-state index is 13.6. The van der Waals surface area contributed by atoms with Gasteiger partial charge in [-0.05, 0) is 30.5 Å². The van der Waals surface area contributed by atoms with Crippen LogP contribution in [0.5, 0.6) is 0 Å². The van der Waals surface area contributed by atoms with E-state index in [1.54, 1.807) is 6.07 Å². The van der Waals surface area contributed by atoms with Crippen LogP contribution in [0.2, 0.25) is 0 Å². The predicted molar refractivity (Wildman–Crippen MR) is 74.8 cm³/mol. The Kier molecular flexibility index (Phi) is 4.87. The van der Waals surface area contributed by atoms with Crippen LogP contribution >= 0.6 is 12.2 Å². The number of rotatable bonds is 5. The third-order valence-corrected chi connectivity index (χ3v) is 3.05. The van der Waals surface area contributed by atoms with Gasteiger partial charge in [0, 0.05) is 17.3 Å². The number of hydrogen-bond acceptors (Lipinski definition) is 2. The molecule has 0 bridgehead atoms. The van der Waals surface area contributed by atoms with Gasteiger partial charge in [-0.2, -0.15) is 0 Å². The van der Waals surface area contributed by atoms with Crippen LogP contribution in [-0.4, -0.2) is 11.0 Å². The summed E-state index contributed by atoms with van der Waals surface area (Å²) in [6.07, 6.45) is 0.996. The van der Waals surface area contributed by atoms with Crippen molar-refractivity contribution in [2.24, 2.45) is 11.7 Å². The molecule has 4 heteroatoms. The van der Waals surface area contributed by atoms with Gasteiger partial charge in [0.2, 0.25) is 0 Å². The minimum Gasteiger partial charge on any atom is -0.389 e. The SMILES string of the molecule is CCC(Nc1ccc(C(N)=S)c(F)c1)C(C)C. The molecule has 94 valence electrons. The Morgan fingerprint density at radius 2 is 2.12 bits per heavy atom. The van der Waals surface area contributed by atoms with Crippen molar-refractivity contribution in [3.05, 3.63) is 29.6 Å². The lowest BCUT2D eigenvalue weighted by molar-refractivity contribution is 0.510. The van der Waals surface area contributed by atoms with Crippen molar-refractivity contribution < 1.29 is 4.39 Å². The molecule has 17 heavy (non-hydrogen) atoms. The van der Waals surface area contributed by atoms with Gasteiger partial charge in [-0.3, -0.25) is 0 Å². The average molecular weight is 254 g/mol. The predicted octanol–water partition coefficient (Wildman–Crippen LogP) is 3.31. The Labute approximate surface area is 107 Å². The smallest absolute Gasteiger partial charge is 0.135 e. The topological polar surface area (TPSA) is 38.0 Å². The lowest BCUT2D eigenvalue weighted by atomic mass is 10.0. The summed E-state index contributed by atoms with van der Waals surface area (Å²) in [5.74, 6) is 0.124. The van der Waals surface area contributed by atoms with Crippen LogP contribution in [0.1, 0.15) is 32.8 Å². The van der Waals surface area contributed by atoms with E-state index in [1.165, 1.54) is 6.07 Å². The molecule has 0 aliphatic heterocycles. The zero-order chi connectivity index (χ0) is 13.0. The number of thiocarbonyl (C=S) groups is 1. The van der Waals surface area contributed by atoms with E-state index in [9.17, 15) is 4.39 Å². The van der Waals surface area contributed by atoms with Crippen molar-refractivity contribution in [3.63, 3.8) is 0 Å². The van der Waals surface area contributed by atoms with E-state index in [2.05, 4.69) is 26.1 Å². The van der Waals surface area contributed by atoms with Crippen molar-refractivity contribution in [1.82, 2.24) is 0 Å². The Morgan fingerprint density at radius 1 is 1.47 bits per heavy atom. The minimum absolute atomic E-state index is 0.0879. The maximum Gasteiger partial charge on any atom is 0.135 e. The third kappa shape index (κ3) is 3.66. The number of nitrogens with one attached hydrogen (secondary N) is 1. The molecule has 1 rings (SSSR count). The molecule has 3 N–H and O–H groups in total. The van der Waals surface area contributed by atoms with Crippen LogP contribution < -0.4 is 11.1 Å². The summed E-state index contributed by atoms with van der Waals surface area (Å²) in [5, 5.41) is 3.31. The van der Waals surface area contributed by atoms with E-state index in [0.29, 0.717) is 17.5 Å². The number of benzene rings is 1. The van der Waals surface area contributed by atoms with E-state index in [-0.39, 0.29) is 10.8 Å². The fraction of sp³-hybridized carbons (Fsp3) is 0.462. The van der Waals surface area contributed by atoms with Gasteiger partial charge in [0.15, 0.2) is 0 Å². The monoisotopic (exact) mass is 254 g/mol. The molecule has 0 aliphatic rings. The zero-order valence-corrected chi connectivity index (χ0v) is 11.3. The molecule has 0 spiro atoms. The molecule has 2 nitrogen and oxygen atoms in total. The molecule has 0 amide bonds. The number of hydrogen-bond donors (Lipinski definition) is 2. The highest BCUT2D eigenvalue weighted by molar-refractivity contribution is 7.80. The largest absolute Gasteiger partial charge is 0.389 e. The standard InChI is InChI=1S/C13H19FN2S/c1-4-12(8(2)3)16-9-5-6-10(13(15)17)11(14)7-9/h5-8,12,16H,4H2,1-3H3,(H2,15,17). The van der Waals surface area contributed by atoms with Crippen molar-refractivity contribution in [2.75, 3.05) is 5.32 Å². The van der Waals surface area contributed by atoms with Gasteiger partial charge >= 0.3 is 0 Å². The Bertz CT molecular complexity index is 404. The Hall–Kier alpha value is -1.16. The van der Waals surface area contributed by atoms with Crippen LogP contribution in [0.25, 0.3) is 0 Å². The van der Waals surface area contributed by atoms with Crippen molar-refractivity contribution >= 4 is 22.9 Å². The van der Waals surface area contributed by atoms with Gasteiger partial charge in [0.1, 0.15) is 10.8 Å². The summed E-state index contributed by atoms with van der Waals surface area (Å²) in [6, 6.07) is 5.21. The van der Waals surface area contributed by atoms with Gasteiger partial charge in [-0.25, -0.2) is 4.39 Å². The van der Waals surface area contributed by atoms with Gasteiger partial charge in [0.05, 0.1) is 0 Å². The molecule has 1 atom stereocenters. The zero-order valence-electron chi connectivity index (χ0n) is 10.5. The summed E-state index contributed by atoms with van der Waals surface area (Å²) >= 11 is 4.76. The van der Waals surface area contributed by atoms with Crippen molar-refractivity contribution in [2.45, 2.75) is 33.2 Å². The summed E-state index contributed by atoms with van der Waals surface area (Å²) in [7, 11) is 0. The first-order valence-electron chi connectivity index (χ1n) is 5.81. The molecule has 1 unspecified atom stereocenters. The minimum atomic E-state index is -0.374.